The van der Waals surface area contributed by atoms with Crippen LogP contribution in [0.1, 0.15) is 56.2 Å². The lowest BCUT2D eigenvalue weighted by molar-refractivity contribution is -0.0595. The molecule has 2 aromatic rings. The third-order valence-corrected chi connectivity index (χ3v) is 6.26. The Kier molecular flexibility index (Phi) is 4.90. The van der Waals surface area contributed by atoms with Crippen LogP contribution in [0.25, 0.3) is 0 Å². The average Bonchev–Trinajstić information content (AvgIpc) is 2.87. The minimum atomic E-state index is -0.657. The van der Waals surface area contributed by atoms with Crippen molar-refractivity contribution in [3.8, 4) is 0 Å². The molecular formula is C24H31NO. The van der Waals surface area contributed by atoms with E-state index in [2.05, 4.69) is 73.3 Å². The molecule has 26 heavy (non-hydrogen) atoms. The molecule has 2 nitrogen and oxygen atoms in total. The van der Waals surface area contributed by atoms with E-state index in [1.165, 1.54) is 24.0 Å². The Balaban J connectivity index is 1.48. The van der Waals surface area contributed by atoms with Crippen LogP contribution < -0.4 is 0 Å². The molecule has 138 valence electrons. The van der Waals surface area contributed by atoms with Gasteiger partial charge in [-0.25, -0.2) is 0 Å². The first-order valence-corrected chi connectivity index (χ1v) is 10.1. The first-order valence-electron chi connectivity index (χ1n) is 10.1. The van der Waals surface area contributed by atoms with E-state index < -0.39 is 5.60 Å². The summed E-state index contributed by atoms with van der Waals surface area (Å²) in [5, 5.41) is 11.5. The fraction of sp³-hybridized carbons (Fsp3) is 0.500. The molecule has 2 aliphatic rings. The standard InChI is InChI=1S/C24H31NO/c1-18(2)14-19-8-10-21(11-9-19)24(26)15-22-12-13-23(16-24)25(22)17-20-6-4-3-5-7-20/h3-11,18,22-23,26H,12-17H2,1-2H3. The molecule has 2 aliphatic heterocycles. The van der Waals surface area contributed by atoms with Crippen LogP contribution in [0.3, 0.4) is 0 Å². The zero-order valence-electron chi connectivity index (χ0n) is 16.1. The van der Waals surface area contributed by atoms with Gasteiger partial charge in [-0.2, -0.15) is 0 Å². The maximum absolute atomic E-state index is 11.5. The van der Waals surface area contributed by atoms with E-state index in [1.807, 2.05) is 0 Å². The van der Waals surface area contributed by atoms with Gasteiger partial charge in [-0.15, -0.1) is 0 Å². The SMILES string of the molecule is CC(C)Cc1ccc(C2(O)CC3CCC(C2)N3Cc2ccccc2)cc1. The molecule has 2 bridgehead atoms. The van der Waals surface area contributed by atoms with Crippen molar-refractivity contribution in [3.05, 3.63) is 71.3 Å². The summed E-state index contributed by atoms with van der Waals surface area (Å²) in [6.45, 7) is 5.52. The first kappa shape index (κ1) is 17.8. The zero-order valence-corrected chi connectivity index (χ0v) is 16.1. The summed E-state index contributed by atoms with van der Waals surface area (Å²) in [6, 6.07) is 20.5. The lowest BCUT2D eigenvalue weighted by Gasteiger charge is -2.44. The summed E-state index contributed by atoms with van der Waals surface area (Å²) >= 11 is 0. The smallest absolute Gasteiger partial charge is 0.0926 e. The number of nitrogens with zero attached hydrogens (tertiary/aromatic N) is 1. The van der Waals surface area contributed by atoms with Crippen LogP contribution >= 0.6 is 0 Å². The second-order valence-corrected chi connectivity index (χ2v) is 8.78. The van der Waals surface area contributed by atoms with E-state index in [0.717, 1.165) is 31.4 Å². The van der Waals surface area contributed by atoms with E-state index in [9.17, 15) is 5.11 Å². The Hall–Kier alpha value is -1.64. The summed E-state index contributed by atoms with van der Waals surface area (Å²) in [5.41, 5.74) is 3.21. The molecule has 2 heterocycles. The largest absolute Gasteiger partial charge is 0.385 e. The number of fused-ring (bicyclic) bond motifs is 2. The highest BCUT2D eigenvalue weighted by Crippen LogP contribution is 2.46. The number of hydrogen-bond donors (Lipinski definition) is 1. The molecule has 0 aliphatic carbocycles. The third kappa shape index (κ3) is 3.58. The van der Waals surface area contributed by atoms with Crippen LogP contribution in [0.15, 0.2) is 54.6 Å². The molecule has 2 fully saturated rings. The molecule has 2 saturated heterocycles. The summed E-state index contributed by atoms with van der Waals surface area (Å²) in [5.74, 6) is 0.668. The summed E-state index contributed by atoms with van der Waals surface area (Å²) < 4.78 is 0. The van der Waals surface area contributed by atoms with Gasteiger partial charge >= 0.3 is 0 Å². The van der Waals surface area contributed by atoms with E-state index in [4.69, 9.17) is 0 Å². The van der Waals surface area contributed by atoms with Gasteiger partial charge in [-0.05, 0) is 54.7 Å². The Morgan fingerprint density at radius 1 is 0.923 bits per heavy atom. The molecule has 2 heteroatoms. The molecular weight excluding hydrogens is 318 g/mol. The second kappa shape index (κ2) is 7.17. The van der Waals surface area contributed by atoms with Crippen molar-refractivity contribution in [2.75, 3.05) is 0 Å². The van der Waals surface area contributed by atoms with Crippen molar-refractivity contribution in [1.29, 1.82) is 0 Å². The van der Waals surface area contributed by atoms with E-state index in [0.29, 0.717) is 18.0 Å². The van der Waals surface area contributed by atoms with Gasteiger partial charge in [0.1, 0.15) is 0 Å². The van der Waals surface area contributed by atoms with Gasteiger partial charge in [0.15, 0.2) is 0 Å². The van der Waals surface area contributed by atoms with Crippen molar-refractivity contribution in [2.45, 2.75) is 70.2 Å². The quantitative estimate of drug-likeness (QED) is 0.830. The van der Waals surface area contributed by atoms with Crippen molar-refractivity contribution in [2.24, 2.45) is 5.92 Å². The topological polar surface area (TPSA) is 23.5 Å². The molecule has 0 saturated carbocycles. The summed E-state index contributed by atoms with van der Waals surface area (Å²) in [7, 11) is 0. The van der Waals surface area contributed by atoms with Crippen molar-refractivity contribution >= 4 is 0 Å². The van der Waals surface area contributed by atoms with Crippen LogP contribution in [-0.4, -0.2) is 22.1 Å². The molecule has 1 N–H and O–H groups in total. The normalized spacial score (nSPS) is 28.6. The maximum Gasteiger partial charge on any atom is 0.0926 e. The van der Waals surface area contributed by atoms with Crippen LogP contribution in [-0.2, 0) is 18.6 Å². The fourth-order valence-electron chi connectivity index (χ4n) is 5.03. The Bertz CT molecular complexity index is 708. The monoisotopic (exact) mass is 349 g/mol. The Morgan fingerprint density at radius 3 is 2.12 bits per heavy atom. The lowest BCUT2D eigenvalue weighted by atomic mass is 9.80. The van der Waals surface area contributed by atoms with Gasteiger partial charge in [0, 0.05) is 18.6 Å². The first-order chi connectivity index (χ1) is 12.5. The van der Waals surface area contributed by atoms with Gasteiger partial charge in [0.2, 0.25) is 0 Å². The molecule has 0 aromatic heterocycles. The van der Waals surface area contributed by atoms with E-state index in [1.54, 1.807) is 0 Å². The van der Waals surface area contributed by atoms with Gasteiger partial charge in [-0.1, -0.05) is 68.4 Å². The minimum absolute atomic E-state index is 0.495. The van der Waals surface area contributed by atoms with Crippen molar-refractivity contribution < 1.29 is 5.11 Å². The zero-order chi connectivity index (χ0) is 18.1. The highest BCUT2D eigenvalue weighted by Gasteiger charge is 2.48. The van der Waals surface area contributed by atoms with Gasteiger partial charge in [0.05, 0.1) is 5.60 Å². The molecule has 0 spiro atoms. The van der Waals surface area contributed by atoms with Crippen LogP contribution in [0.4, 0.5) is 0 Å². The average molecular weight is 350 g/mol. The second-order valence-electron chi connectivity index (χ2n) is 8.78. The predicted octanol–water partition coefficient (Wildman–Crippen LogP) is 4.90. The molecule has 0 radical (unpaired) electrons. The number of benzene rings is 2. The highest BCUT2D eigenvalue weighted by molar-refractivity contribution is 5.29. The summed E-state index contributed by atoms with van der Waals surface area (Å²) in [4.78, 5) is 2.64. The van der Waals surface area contributed by atoms with Gasteiger partial charge < -0.3 is 5.11 Å². The van der Waals surface area contributed by atoms with Crippen molar-refractivity contribution in [1.82, 2.24) is 4.90 Å². The molecule has 2 atom stereocenters. The third-order valence-electron chi connectivity index (χ3n) is 6.26. The number of aliphatic hydroxyl groups is 1. The molecule has 4 rings (SSSR count). The lowest BCUT2D eigenvalue weighted by Crippen LogP contribution is -2.49. The highest BCUT2D eigenvalue weighted by atomic mass is 16.3. The molecule has 2 aromatic carbocycles. The maximum atomic E-state index is 11.5. The minimum Gasteiger partial charge on any atom is -0.385 e. The van der Waals surface area contributed by atoms with Crippen LogP contribution in [0, 0.1) is 5.92 Å². The van der Waals surface area contributed by atoms with Crippen molar-refractivity contribution in [3.63, 3.8) is 0 Å². The predicted molar refractivity (Wildman–Crippen MR) is 107 cm³/mol. The van der Waals surface area contributed by atoms with Gasteiger partial charge in [-0.3, -0.25) is 4.90 Å². The van der Waals surface area contributed by atoms with E-state index >= 15 is 0 Å². The fourth-order valence-corrected chi connectivity index (χ4v) is 5.03. The Morgan fingerprint density at radius 2 is 1.54 bits per heavy atom. The number of piperidine rings is 1. The van der Waals surface area contributed by atoms with Crippen LogP contribution in [0.5, 0.6) is 0 Å². The van der Waals surface area contributed by atoms with Gasteiger partial charge in [0.25, 0.3) is 0 Å². The number of hydrogen-bond acceptors (Lipinski definition) is 2. The number of rotatable bonds is 5. The molecule has 2 unspecified atom stereocenters. The van der Waals surface area contributed by atoms with E-state index in [-0.39, 0.29) is 0 Å². The summed E-state index contributed by atoms with van der Waals surface area (Å²) in [6.07, 6.45) is 5.25. The van der Waals surface area contributed by atoms with Crippen LogP contribution in [0.2, 0.25) is 0 Å². The Labute approximate surface area is 157 Å². The molecule has 0 amide bonds.